The van der Waals surface area contributed by atoms with Gasteiger partial charge in [-0.2, -0.15) is 16.9 Å². The van der Waals surface area contributed by atoms with Crippen molar-refractivity contribution in [2.24, 2.45) is 0 Å². The van der Waals surface area contributed by atoms with E-state index in [0.717, 1.165) is 17.4 Å². The van der Waals surface area contributed by atoms with Crippen molar-refractivity contribution in [2.45, 2.75) is 25.5 Å². The van der Waals surface area contributed by atoms with Crippen molar-refractivity contribution >= 4 is 11.8 Å². The smallest absolute Gasteiger partial charge is 0.153 e. The Hall–Kier alpha value is -0.510. The highest BCUT2D eigenvalue weighted by Gasteiger charge is 2.05. The zero-order chi connectivity index (χ0) is 8.27. The molecule has 0 aliphatic heterocycles. The van der Waals surface area contributed by atoms with Crippen molar-refractivity contribution < 1.29 is 0 Å². The zero-order valence-corrected chi connectivity index (χ0v) is 7.90. The van der Waals surface area contributed by atoms with E-state index in [1.54, 1.807) is 11.8 Å². The van der Waals surface area contributed by atoms with E-state index in [4.69, 9.17) is 0 Å². The first kappa shape index (κ1) is 8.59. The Bertz CT molecular complexity index is 219. The molecule has 0 spiro atoms. The number of aromatic amines is 1. The lowest BCUT2D eigenvalue weighted by Crippen LogP contribution is -1.89. The minimum Gasteiger partial charge on any atom is -0.262 e. The van der Waals surface area contributed by atoms with Gasteiger partial charge in [0, 0.05) is 5.92 Å². The van der Waals surface area contributed by atoms with Gasteiger partial charge < -0.3 is 0 Å². The first-order valence-corrected chi connectivity index (χ1v) is 5.03. The third-order valence-corrected chi connectivity index (χ3v) is 1.91. The summed E-state index contributed by atoms with van der Waals surface area (Å²) in [4.78, 5) is 4.31. The molecule has 62 valence electrons. The molecular formula is C7H13N3S. The molecule has 1 heterocycles. The molecule has 1 N–H and O–H groups in total. The molecule has 0 aliphatic rings. The molecule has 4 heteroatoms. The van der Waals surface area contributed by atoms with Crippen LogP contribution in [0.1, 0.15) is 31.4 Å². The van der Waals surface area contributed by atoms with Gasteiger partial charge in [-0.1, -0.05) is 13.8 Å². The Morgan fingerprint density at radius 2 is 2.27 bits per heavy atom. The van der Waals surface area contributed by atoms with Gasteiger partial charge in [-0.3, -0.25) is 5.10 Å². The fraction of sp³-hybridized carbons (Fsp3) is 0.714. The Morgan fingerprint density at radius 3 is 2.73 bits per heavy atom. The van der Waals surface area contributed by atoms with Gasteiger partial charge in [0.25, 0.3) is 0 Å². The lowest BCUT2D eigenvalue weighted by Gasteiger charge is -1.93. The minimum absolute atomic E-state index is 0.418. The SMILES string of the molecule is CSCc1nc(C(C)C)n[nH]1. The number of nitrogens with one attached hydrogen (secondary N) is 1. The zero-order valence-electron chi connectivity index (χ0n) is 7.09. The van der Waals surface area contributed by atoms with E-state index >= 15 is 0 Å². The summed E-state index contributed by atoms with van der Waals surface area (Å²) in [6, 6.07) is 0. The highest BCUT2D eigenvalue weighted by molar-refractivity contribution is 7.97. The highest BCUT2D eigenvalue weighted by atomic mass is 32.2. The second-order valence-electron chi connectivity index (χ2n) is 2.73. The van der Waals surface area contributed by atoms with Gasteiger partial charge >= 0.3 is 0 Å². The molecule has 0 atom stereocenters. The number of nitrogens with zero attached hydrogens (tertiary/aromatic N) is 2. The van der Waals surface area contributed by atoms with Crippen LogP contribution in [-0.4, -0.2) is 21.4 Å². The molecule has 1 rings (SSSR count). The fourth-order valence-corrected chi connectivity index (χ4v) is 1.17. The van der Waals surface area contributed by atoms with Crippen LogP contribution in [0.5, 0.6) is 0 Å². The Kier molecular flexibility index (Phi) is 2.93. The van der Waals surface area contributed by atoms with E-state index in [1.165, 1.54) is 0 Å². The molecule has 0 saturated carbocycles. The molecule has 0 radical (unpaired) electrons. The average molecular weight is 171 g/mol. The maximum Gasteiger partial charge on any atom is 0.153 e. The van der Waals surface area contributed by atoms with Gasteiger partial charge in [0.2, 0.25) is 0 Å². The molecule has 3 nitrogen and oxygen atoms in total. The number of H-pyrrole nitrogens is 1. The van der Waals surface area contributed by atoms with Crippen molar-refractivity contribution in [3.05, 3.63) is 11.6 Å². The second-order valence-corrected chi connectivity index (χ2v) is 3.59. The quantitative estimate of drug-likeness (QED) is 0.754. The summed E-state index contributed by atoms with van der Waals surface area (Å²) in [7, 11) is 0. The van der Waals surface area contributed by atoms with Gasteiger partial charge in [0.05, 0.1) is 5.75 Å². The summed E-state index contributed by atoms with van der Waals surface area (Å²) in [6.45, 7) is 4.18. The third kappa shape index (κ3) is 2.22. The summed E-state index contributed by atoms with van der Waals surface area (Å²) in [6.07, 6.45) is 2.05. The number of hydrogen-bond donors (Lipinski definition) is 1. The normalized spacial score (nSPS) is 10.9. The largest absolute Gasteiger partial charge is 0.262 e. The van der Waals surface area contributed by atoms with Crippen LogP contribution in [0.2, 0.25) is 0 Å². The predicted molar refractivity (Wildman–Crippen MR) is 47.7 cm³/mol. The second kappa shape index (κ2) is 3.76. The van der Waals surface area contributed by atoms with E-state index in [0.29, 0.717) is 5.92 Å². The Morgan fingerprint density at radius 1 is 1.55 bits per heavy atom. The van der Waals surface area contributed by atoms with Crippen molar-refractivity contribution in [3.63, 3.8) is 0 Å². The van der Waals surface area contributed by atoms with Gasteiger partial charge in [-0.15, -0.1) is 0 Å². The van der Waals surface area contributed by atoms with Crippen LogP contribution in [0.4, 0.5) is 0 Å². The summed E-state index contributed by atoms with van der Waals surface area (Å²) < 4.78 is 0. The van der Waals surface area contributed by atoms with Gasteiger partial charge in [0.15, 0.2) is 5.82 Å². The van der Waals surface area contributed by atoms with Crippen molar-refractivity contribution in [3.8, 4) is 0 Å². The van der Waals surface area contributed by atoms with Gasteiger partial charge in [-0.25, -0.2) is 4.98 Å². The van der Waals surface area contributed by atoms with E-state index in [2.05, 4.69) is 35.3 Å². The van der Waals surface area contributed by atoms with Crippen LogP contribution < -0.4 is 0 Å². The predicted octanol–water partition coefficient (Wildman–Crippen LogP) is 1.79. The average Bonchev–Trinajstić information content (AvgIpc) is 2.37. The molecule has 0 unspecified atom stereocenters. The molecule has 1 aromatic heterocycles. The monoisotopic (exact) mass is 171 g/mol. The van der Waals surface area contributed by atoms with E-state index in [1.807, 2.05) is 0 Å². The lowest BCUT2D eigenvalue weighted by molar-refractivity contribution is 0.780. The first-order chi connectivity index (χ1) is 5.24. The summed E-state index contributed by atoms with van der Waals surface area (Å²) in [5.41, 5.74) is 0. The van der Waals surface area contributed by atoms with Crippen LogP contribution in [-0.2, 0) is 5.75 Å². The highest BCUT2D eigenvalue weighted by Crippen LogP contribution is 2.09. The number of hydrogen-bond acceptors (Lipinski definition) is 3. The van der Waals surface area contributed by atoms with Gasteiger partial charge in [0.1, 0.15) is 5.82 Å². The van der Waals surface area contributed by atoms with Crippen LogP contribution >= 0.6 is 11.8 Å². The maximum absolute atomic E-state index is 4.31. The van der Waals surface area contributed by atoms with Crippen LogP contribution in [0, 0.1) is 0 Å². The van der Waals surface area contributed by atoms with Crippen molar-refractivity contribution in [1.82, 2.24) is 15.2 Å². The topological polar surface area (TPSA) is 41.6 Å². The molecule has 0 aromatic carbocycles. The van der Waals surface area contributed by atoms with Crippen molar-refractivity contribution in [1.29, 1.82) is 0 Å². The molecule has 11 heavy (non-hydrogen) atoms. The van der Waals surface area contributed by atoms with Crippen LogP contribution in [0.25, 0.3) is 0 Å². The Labute approximate surface area is 71.0 Å². The maximum atomic E-state index is 4.31. The summed E-state index contributed by atoms with van der Waals surface area (Å²) >= 11 is 1.75. The molecule has 0 bridgehead atoms. The molecule has 0 fully saturated rings. The standard InChI is InChI=1S/C7H13N3S/c1-5(2)7-8-6(4-11-3)9-10-7/h5H,4H2,1-3H3,(H,8,9,10). The molecule has 1 aromatic rings. The third-order valence-electron chi connectivity index (χ3n) is 1.35. The first-order valence-electron chi connectivity index (χ1n) is 3.64. The van der Waals surface area contributed by atoms with Crippen molar-refractivity contribution in [2.75, 3.05) is 6.26 Å². The minimum atomic E-state index is 0.418. The molecule has 0 saturated heterocycles. The number of aromatic nitrogens is 3. The molecule has 0 amide bonds. The number of thioether (sulfide) groups is 1. The van der Waals surface area contributed by atoms with Crippen LogP contribution in [0.3, 0.4) is 0 Å². The van der Waals surface area contributed by atoms with Gasteiger partial charge in [-0.05, 0) is 6.26 Å². The lowest BCUT2D eigenvalue weighted by atomic mass is 10.2. The number of rotatable bonds is 3. The fourth-order valence-electron chi connectivity index (χ4n) is 0.770. The molecular weight excluding hydrogens is 158 g/mol. The van der Waals surface area contributed by atoms with E-state index in [9.17, 15) is 0 Å². The molecule has 0 aliphatic carbocycles. The Balaban J connectivity index is 2.66. The van der Waals surface area contributed by atoms with Crippen LogP contribution in [0.15, 0.2) is 0 Å². The van der Waals surface area contributed by atoms with E-state index in [-0.39, 0.29) is 0 Å². The van der Waals surface area contributed by atoms with E-state index < -0.39 is 0 Å². The summed E-state index contributed by atoms with van der Waals surface area (Å²) in [5.74, 6) is 3.22. The summed E-state index contributed by atoms with van der Waals surface area (Å²) in [5, 5.41) is 6.99.